The molecule has 0 saturated carbocycles. The van der Waals surface area contributed by atoms with Crippen LogP contribution in [-0.4, -0.2) is 11.3 Å². The van der Waals surface area contributed by atoms with E-state index in [2.05, 4.69) is 4.84 Å². The van der Waals surface area contributed by atoms with Crippen molar-refractivity contribution >= 4 is 14.2 Å². The summed E-state index contributed by atoms with van der Waals surface area (Å²) in [5.74, 6) is 1.73. The number of hydrogen-bond acceptors (Lipinski definition) is 2. The second-order valence-corrected chi connectivity index (χ2v) is 1.91. The number of quaternary nitrogens is 1. The van der Waals surface area contributed by atoms with Crippen molar-refractivity contribution in [2.24, 2.45) is 0 Å². The Balaban J connectivity index is 0.000000490. The third-order valence-electron chi connectivity index (χ3n) is 0.513. The van der Waals surface area contributed by atoms with E-state index >= 15 is 0 Å². The molecule has 46 valence electrons. The van der Waals surface area contributed by atoms with Gasteiger partial charge in [0, 0.05) is 5.80 Å². The summed E-state index contributed by atoms with van der Waals surface area (Å²) in [6, 6.07) is 0. The Morgan fingerprint density at radius 3 is 2.62 bits per heavy atom. The maximum Gasteiger partial charge on any atom is 0.202 e. The lowest BCUT2D eigenvalue weighted by Crippen LogP contribution is -2.96. The number of allylic oxidation sites excluding steroid dienone is 1. The first-order valence-electron chi connectivity index (χ1n) is 1.79. The maximum absolute atomic E-state index is 10.1. The summed E-state index contributed by atoms with van der Waals surface area (Å²) in [5, 5.41) is 10.1. The third kappa shape index (κ3) is 2.04. The number of hydrogen-bond donors (Lipinski definition) is 1. The zero-order chi connectivity index (χ0) is 5.11. The van der Waals surface area contributed by atoms with Crippen molar-refractivity contribution in [3.8, 4) is 0 Å². The smallest absolute Gasteiger partial charge is 0.202 e. The highest BCUT2D eigenvalue weighted by Gasteiger charge is 1.89. The van der Waals surface area contributed by atoms with Gasteiger partial charge in [0.15, 0.2) is 6.26 Å². The van der Waals surface area contributed by atoms with Crippen molar-refractivity contribution in [3.63, 3.8) is 0 Å². The molecule has 1 aliphatic heterocycles. The SMILES string of the molecule is O.[O-][NH+]1OC=CC=P1. The quantitative estimate of drug-likeness (QED) is 0.330. The highest BCUT2D eigenvalue weighted by atomic mass is 31.1. The summed E-state index contributed by atoms with van der Waals surface area (Å²) >= 11 is 0. The summed E-state index contributed by atoms with van der Waals surface area (Å²) < 4.78 is 0. The molecule has 0 aromatic rings. The van der Waals surface area contributed by atoms with E-state index in [1.165, 1.54) is 6.26 Å². The summed E-state index contributed by atoms with van der Waals surface area (Å²) in [6.45, 7) is 0. The largest absolute Gasteiger partial charge is 0.584 e. The Labute approximate surface area is 48.1 Å². The molecule has 0 radical (unpaired) electrons. The van der Waals surface area contributed by atoms with Gasteiger partial charge >= 0.3 is 0 Å². The van der Waals surface area contributed by atoms with Gasteiger partial charge in [-0.3, -0.25) is 0 Å². The summed E-state index contributed by atoms with van der Waals surface area (Å²) in [5.41, 5.74) is 0. The van der Waals surface area contributed by atoms with Gasteiger partial charge in [0.1, 0.15) is 0 Å². The van der Waals surface area contributed by atoms with Crippen molar-refractivity contribution in [2.45, 2.75) is 0 Å². The van der Waals surface area contributed by atoms with Gasteiger partial charge in [0.2, 0.25) is 8.35 Å². The zero-order valence-corrected chi connectivity index (χ0v) is 4.89. The lowest BCUT2D eigenvalue weighted by molar-refractivity contribution is -0.924. The second-order valence-electron chi connectivity index (χ2n) is 0.990. The van der Waals surface area contributed by atoms with Crippen molar-refractivity contribution in [3.05, 3.63) is 17.5 Å². The van der Waals surface area contributed by atoms with Crippen molar-refractivity contribution in [2.75, 3.05) is 0 Å². The molecule has 1 unspecified atom stereocenters. The summed E-state index contributed by atoms with van der Waals surface area (Å²) in [7, 11) is 0.624. The molecule has 1 aliphatic rings. The van der Waals surface area contributed by atoms with Crippen LogP contribution in [0.25, 0.3) is 0 Å². The van der Waals surface area contributed by atoms with Gasteiger partial charge in [0.25, 0.3) is 0 Å². The average Bonchev–Trinajstić information content (AvgIpc) is 1.69. The molecule has 0 spiro atoms. The second kappa shape index (κ2) is 3.57. The molecule has 8 heavy (non-hydrogen) atoms. The van der Waals surface area contributed by atoms with Gasteiger partial charge in [-0.15, -0.1) is 5.00 Å². The molecule has 0 aromatic heterocycles. The highest BCUT2D eigenvalue weighted by molar-refractivity contribution is 7.31. The van der Waals surface area contributed by atoms with Crippen LogP contribution < -0.4 is 5.00 Å². The fourth-order valence-corrected chi connectivity index (χ4v) is 0.667. The van der Waals surface area contributed by atoms with Crippen LogP contribution in [0.1, 0.15) is 0 Å². The van der Waals surface area contributed by atoms with Gasteiger partial charge in [-0.05, 0) is 6.08 Å². The molecule has 3 N–H and O–H groups in total. The third-order valence-corrected chi connectivity index (χ3v) is 1.15. The van der Waals surface area contributed by atoms with Gasteiger partial charge in [-0.2, -0.15) is 0 Å². The number of nitrogens with one attached hydrogen (secondary N) is 1. The van der Waals surface area contributed by atoms with Crippen LogP contribution in [0.5, 0.6) is 0 Å². The van der Waals surface area contributed by atoms with Crippen LogP contribution in [0, 0.1) is 5.21 Å². The summed E-state index contributed by atoms with van der Waals surface area (Å²) in [4.78, 5) is 4.21. The zero-order valence-electron chi connectivity index (χ0n) is 4.00. The Hall–Kier alpha value is -0.410. The van der Waals surface area contributed by atoms with Crippen LogP contribution in [0.4, 0.5) is 0 Å². The van der Waals surface area contributed by atoms with Crippen LogP contribution >= 0.6 is 8.35 Å². The fourth-order valence-electron chi connectivity index (χ4n) is 0.267. The Bertz CT molecular complexity index is 113. The van der Waals surface area contributed by atoms with E-state index in [4.69, 9.17) is 0 Å². The Morgan fingerprint density at radius 2 is 2.38 bits per heavy atom. The van der Waals surface area contributed by atoms with E-state index in [0.29, 0.717) is 8.35 Å². The molecule has 5 heteroatoms. The minimum atomic E-state index is -0.206. The Kier molecular flexibility index (Phi) is 3.39. The molecule has 0 bridgehead atoms. The minimum Gasteiger partial charge on any atom is -0.584 e. The molecule has 0 saturated heterocycles. The van der Waals surface area contributed by atoms with Crippen molar-refractivity contribution in [1.82, 2.24) is 0 Å². The van der Waals surface area contributed by atoms with E-state index in [9.17, 15) is 5.21 Å². The van der Waals surface area contributed by atoms with E-state index in [-0.39, 0.29) is 10.5 Å². The molecule has 0 amide bonds. The summed E-state index contributed by atoms with van der Waals surface area (Å²) in [6.07, 6.45) is 3.07. The highest BCUT2D eigenvalue weighted by Crippen LogP contribution is 1.83. The molecule has 1 heterocycles. The molecular weight excluding hydrogens is 129 g/mol. The molecular formula is C3H6NO3P. The van der Waals surface area contributed by atoms with Crippen molar-refractivity contribution in [1.29, 1.82) is 0 Å². The van der Waals surface area contributed by atoms with Crippen molar-refractivity contribution < 1.29 is 15.3 Å². The molecule has 0 aromatic carbocycles. The maximum atomic E-state index is 10.1. The predicted molar refractivity (Wildman–Crippen MR) is 31.2 cm³/mol. The van der Waals surface area contributed by atoms with Gasteiger partial charge in [0.05, 0.1) is 0 Å². The Morgan fingerprint density at radius 1 is 1.62 bits per heavy atom. The first kappa shape index (κ1) is 7.59. The topological polar surface area (TPSA) is 68.2 Å². The first-order chi connectivity index (χ1) is 3.39. The number of rotatable bonds is 0. The lowest BCUT2D eigenvalue weighted by atomic mass is 10.7. The predicted octanol–water partition coefficient (Wildman–Crippen LogP) is -1.33. The normalized spacial score (nSPS) is 25.9. The minimum absolute atomic E-state index is 0. The fraction of sp³-hybridized carbons (Fsp3) is 0. The van der Waals surface area contributed by atoms with Gasteiger partial charge in [-0.1, -0.05) is 0 Å². The molecule has 1 rings (SSSR count). The van der Waals surface area contributed by atoms with Crippen LogP contribution in [0.2, 0.25) is 0 Å². The van der Waals surface area contributed by atoms with Gasteiger partial charge in [-0.25, -0.2) is 0 Å². The van der Waals surface area contributed by atoms with Crippen LogP contribution in [0.3, 0.4) is 0 Å². The van der Waals surface area contributed by atoms with Gasteiger partial charge < -0.3 is 15.5 Å². The average molecular weight is 135 g/mol. The van der Waals surface area contributed by atoms with E-state index in [0.717, 1.165) is 0 Å². The first-order valence-corrected chi connectivity index (χ1v) is 2.76. The van der Waals surface area contributed by atoms with E-state index < -0.39 is 0 Å². The lowest BCUT2D eigenvalue weighted by Gasteiger charge is -2.12. The van der Waals surface area contributed by atoms with Crippen LogP contribution in [0.15, 0.2) is 12.3 Å². The standard InChI is InChI=1S/C3H4NO2P.H2O/c5-4-6-2-1-3-7-4;/h1-4H;1H2. The molecule has 0 aliphatic carbocycles. The molecule has 4 nitrogen and oxygen atoms in total. The van der Waals surface area contributed by atoms with Crippen LogP contribution in [-0.2, 0) is 4.84 Å². The van der Waals surface area contributed by atoms with E-state index in [1.54, 1.807) is 11.9 Å². The molecule has 0 fully saturated rings. The molecule has 1 atom stereocenters. The monoisotopic (exact) mass is 135 g/mol. The van der Waals surface area contributed by atoms with E-state index in [1.807, 2.05) is 0 Å².